The highest BCUT2D eigenvalue weighted by Crippen LogP contribution is 2.38. The Morgan fingerprint density at radius 3 is 2.48 bits per heavy atom. The smallest absolute Gasteiger partial charge is 0.437 e. The van der Waals surface area contributed by atoms with Crippen LogP contribution in [-0.2, 0) is 12.6 Å². The molecule has 0 radical (unpaired) electrons. The number of fused-ring (bicyclic) bond motifs is 1. The summed E-state index contributed by atoms with van der Waals surface area (Å²) in [6, 6.07) is 3.04. The highest BCUT2D eigenvalue weighted by Gasteiger charge is 2.37. The molecule has 140 valence electrons. The molecule has 0 amide bonds. The summed E-state index contributed by atoms with van der Waals surface area (Å²) in [6.45, 7) is 1.98. The van der Waals surface area contributed by atoms with E-state index in [9.17, 15) is 13.2 Å². The lowest BCUT2D eigenvalue weighted by Gasteiger charge is -2.24. The molecule has 0 atom stereocenters. The van der Waals surface area contributed by atoms with Gasteiger partial charge in [0.2, 0.25) is 0 Å². The second kappa shape index (κ2) is 8.56. The number of benzene rings is 1. The van der Waals surface area contributed by atoms with Gasteiger partial charge in [0.25, 0.3) is 0 Å². The van der Waals surface area contributed by atoms with Crippen LogP contribution >= 0.6 is 0 Å². The molecular weight excluding hydrogens is 335 g/mol. The summed E-state index contributed by atoms with van der Waals surface area (Å²) in [7, 11) is 1.00. The highest BCUT2D eigenvalue weighted by molar-refractivity contribution is 5.85. The van der Waals surface area contributed by atoms with Gasteiger partial charge in [0.15, 0.2) is 11.3 Å². The van der Waals surface area contributed by atoms with Crippen molar-refractivity contribution in [3.8, 4) is 5.75 Å². The largest absolute Gasteiger partial charge is 0.490 e. The average molecular weight is 359 g/mol. The molecular formula is C18H24F3NO3. The van der Waals surface area contributed by atoms with Gasteiger partial charge in [-0.25, -0.2) is 0 Å². The predicted octanol–water partition coefficient (Wildman–Crippen LogP) is 5.12. The standard InChI is InChI=1S/C17H20F3NO2.CH4O/c1-2-6-12-14(22-11-7-4-3-5-8-11)10-9-13-15(12)23-21-16(13)17(18,19)20;1-2/h9-11H,2-8H2,1H3;2H,1H3. The lowest BCUT2D eigenvalue weighted by Crippen LogP contribution is -2.20. The van der Waals surface area contributed by atoms with E-state index in [4.69, 9.17) is 14.4 Å². The number of ether oxygens (including phenoxy) is 1. The zero-order chi connectivity index (χ0) is 18.4. The van der Waals surface area contributed by atoms with E-state index in [1.165, 1.54) is 12.5 Å². The maximum absolute atomic E-state index is 13.0. The molecule has 1 aliphatic rings. The highest BCUT2D eigenvalue weighted by atomic mass is 19.4. The van der Waals surface area contributed by atoms with Gasteiger partial charge in [-0.3, -0.25) is 0 Å². The maximum atomic E-state index is 13.0. The van der Waals surface area contributed by atoms with Crippen LogP contribution in [0.15, 0.2) is 16.7 Å². The molecule has 4 nitrogen and oxygen atoms in total. The van der Waals surface area contributed by atoms with Gasteiger partial charge < -0.3 is 14.4 Å². The molecule has 1 fully saturated rings. The number of nitrogens with zero attached hydrogens (tertiary/aromatic N) is 1. The van der Waals surface area contributed by atoms with Gasteiger partial charge in [0.05, 0.1) is 11.5 Å². The van der Waals surface area contributed by atoms with Crippen LogP contribution in [-0.4, -0.2) is 23.5 Å². The number of aromatic nitrogens is 1. The minimum Gasteiger partial charge on any atom is -0.490 e. The Kier molecular flexibility index (Phi) is 6.70. The van der Waals surface area contributed by atoms with E-state index < -0.39 is 11.9 Å². The number of hydrogen-bond donors (Lipinski definition) is 1. The third-order valence-corrected chi connectivity index (χ3v) is 4.32. The topological polar surface area (TPSA) is 55.5 Å². The Labute approximate surface area is 144 Å². The van der Waals surface area contributed by atoms with Crippen LogP contribution in [0, 0.1) is 0 Å². The van der Waals surface area contributed by atoms with Crippen molar-refractivity contribution >= 4 is 11.0 Å². The number of rotatable bonds is 4. The van der Waals surface area contributed by atoms with Crippen LogP contribution < -0.4 is 4.74 Å². The number of halogens is 3. The van der Waals surface area contributed by atoms with Crippen LogP contribution in [0.25, 0.3) is 11.0 Å². The molecule has 1 aromatic carbocycles. The van der Waals surface area contributed by atoms with Crippen molar-refractivity contribution in [1.82, 2.24) is 5.16 Å². The summed E-state index contributed by atoms with van der Waals surface area (Å²) in [5, 5.41) is 10.3. The van der Waals surface area contributed by atoms with E-state index in [0.717, 1.165) is 39.2 Å². The number of hydrogen-bond acceptors (Lipinski definition) is 4. The van der Waals surface area contributed by atoms with Gasteiger partial charge in [-0.15, -0.1) is 0 Å². The molecule has 0 spiro atoms. The van der Waals surface area contributed by atoms with Crippen molar-refractivity contribution in [2.45, 2.75) is 64.1 Å². The first-order valence-electron chi connectivity index (χ1n) is 8.60. The zero-order valence-electron chi connectivity index (χ0n) is 14.5. The van der Waals surface area contributed by atoms with E-state index in [2.05, 4.69) is 5.16 Å². The van der Waals surface area contributed by atoms with Gasteiger partial charge in [0, 0.05) is 12.7 Å². The summed E-state index contributed by atoms with van der Waals surface area (Å²) in [5.74, 6) is 0.635. The van der Waals surface area contributed by atoms with E-state index in [1.807, 2.05) is 6.92 Å². The number of aliphatic hydroxyl groups excluding tert-OH is 1. The van der Waals surface area contributed by atoms with Crippen molar-refractivity contribution in [2.75, 3.05) is 7.11 Å². The molecule has 0 bridgehead atoms. The molecule has 1 saturated carbocycles. The molecule has 1 heterocycles. The van der Waals surface area contributed by atoms with Gasteiger partial charge in [-0.1, -0.05) is 24.9 Å². The molecule has 7 heteroatoms. The Balaban J connectivity index is 0.00000109. The Morgan fingerprint density at radius 2 is 1.88 bits per heavy atom. The SMILES string of the molecule is CCCc1c(OC2CCCCC2)ccc2c(C(F)(F)F)noc12.CO. The van der Waals surface area contributed by atoms with Crippen LogP contribution in [0.4, 0.5) is 13.2 Å². The first-order valence-corrected chi connectivity index (χ1v) is 8.60. The minimum absolute atomic E-state index is 0.0111. The third kappa shape index (κ3) is 4.45. The van der Waals surface area contributed by atoms with Crippen LogP contribution in [0.2, 0.25) is 0 Å². The van der Waals surface area contributed by atoms with Crippen LogP contribution in [0.5, 0.6) is 5.75 Å². The van der Waals surface area contributed by atoms with Crippen molar-refractivity contribution < 1.29 is 27.5 Å². The van der Waals surface area contributed by atoms with Crippen LogP contribution in [0.3, 0.4) is 0 Å². The molecule has 0 unspecified atom stereocenters. The van der Waals surface area contributed by atoms with Gasteiger partial charge in [0.1, 0.15) is 5.75 Å². The quantitative estimate of drug-likeness (QED) is 0.823. The van der Waals surface area contributed by atoms with Crippen molar-refractivity contribution in [1.29, 1.82) is 0 Å². The summed E-state index contributed by atoms with van der Waals surface area (Å²) in [6.07, 6.45) is 2.50. The first-order chi connectivity index (χ1) is 12.0. The third-order valence-electron chi connectivity index (χ3n) is 4.32. The minimum atomic E-state index is -4.51. The maximum Gasteiger partial charge on any atom is 0.437 e. The van der Waals surface area contributed by atoms with Gasteiger partial charge in [-0.05, 0) is 44.2 Å². The number of aryl methyl sites for hydroxylation is 1. The van der Waals surface area contributed by atoms with E-state index in [-0.39, 0.29) is 17.1 Å². The Hall–Kier alpha value is -1.76. The molecule has 1 aromatic heterocycles. The van der Waals surface area contributed by atoms with E-state index in [0.29, 0.717) is 17.7 Å². The number of alkyl halides is 3. The molecule has 1 N–H and O–H groups in total. The Bertz CT molecular complexity index is 676. The summed E-state index contributed by atoms with van der Waals surface area (Å²) < 4.78 is 50.1. The second-order valence-electron chi connectivity index (χ2n) is 6.08. The zero-order valence-corrected chi connectivity index (χ0v) is 14.5. The first kappa shape index (κ1) is 19.6. The van der Waals surface area contributed by atoms with Crippen molar-refractivity contribution in [3.05, 3.63) is 23.4 Å². The van der Waals surface area contributed by atoms with Crippen molar-refractivity contribution in [3.63, 3.8) is 0 Å². The van der Waals surface area contributed by atoms with E-state index in [1.54, 1.807) is 6.07 Å². The second-order valence-corrected chi connectivity index (χ2v) is 6.08. The monoisotopic (exact) mass is 359 g/mol. The van der Waals surface area contributed by atoms with Crippen LogP contribution in [0.1, 0.15) is 56.7 Å². The molecule has 0 aliphatic heterocycles. The van der Waals surface area contributed by atoms with E-state index >= 15 is 0 Å². The molecule has 2 aromatic rings. The Morgan fingerprint density at radius 1 is 1.20 bits per heavy atom. The fraction of sp³-hybridized carbons (Fsp3) is 0.611. The average Bonchev–Trinajstić information content (AvgIpc) is 3.04. The summed E-state index contributed by atoms with van der Waals surface area (Å²) in [5.41, 5.74) is -0.0693. The predicted molar refractivity (Wildman–Crippen MR) is 88.6 cm³/mol. The molecule has 25 heavy (non-hydrogen) atoms. The molecule has 1 aliphatic carbocycles. The fourth-order valence-corrected chi connectivity index (χ4v) is 3.21. The number of aliphatic hydroxyl groups is 1. The lowest BCUT2D eigenvalue weighted by atomic mass is 9.97. The molecule has 0 saturated heterocycles. The van der Waals surface area contributed by atoms with Gasteiger partial charge >= 0.3 is 6.18 Å². The van der Waals surface area contributed by atoms with Gasteiger partial charge in [-0.2, -0.15) is 13.2 Å². The normalized spacial score (nSPS) is 15.8. The molecule has 3 rings (SSSR count). The van der Waals surface area contributed by atoms with Crippen molar-refractivity contribution in [2.24, 2.45) is 0 Å². The summed E-state index contributed by atoms with van der Waals surface area (Å²) in [4.78, 5) is 0. The summed E-state index contributed by atoms with van der Waals surface area (Å²) >= 11 is 0. The fourth-order valence-electron chi connectivity index (χ4n) is 3.21. The lowest BCUT2D eigenvalue weighted by molar-refractivity contribution is -0.141.